The predicted molar refractivity (Wildman–Crippen MR) is 115 cm³/mol. The van der Waals surface area contributed by atoms with Crippen LogP contribution in [0.15, 0.2) is 35.5 Å². The van der Waals surface area contributed by atoms with Crippen molar-refractivity contribution in [1.82, 2.24) is 9.80 Å². The number of para-hydroxylation sites is 1. The Morgan fingerprint density at radius 1 is 0.939 bits per heavy atom. The molecule has 0 unspecified atom stereocenters. The van der Waals surface area contributed by atoms with Crippen LogP contribution in [0, 0.1) is 0 Å². The highest BCUT2D eigenvalue weighted by Crippen LogP contribution is 2.30. The molecule has 2 aliphatic rings. The van der Waals surface area contributed by atoms with E-state index in [1.165, 1.54) is 19.1 Å². The van der Waals surface area contributed by atoms with E-state index in [-0.39, 0.29) is 37.1 Å². The van der Waals surface area contributed by atoms with Crippen molar-refractivity contribution in [3.05, 3.63) is 41.1 Å². The fourth-order valence-electron chi connectivity index (χ4n) is 3.70. The smallest absolute Gasteiger partial charge is 0.409 e. The van der Waals surface area contributed by atoms with E-state index < -0.39 is 18.0 Å². The first-order valence-corrected chi connectivity index (χ1v) is 10.5. The Bertz CT molecular complexity index is 953. The zero-order chi connectivity index (χ0) is 24.0. The van der Waals surface area contributed by atoms with Crippen molar-refractivity contribution in [2.24, 2.45) is 0 Å². The Kier molecular flexibility index (Phi) is 7.88. The van der Waals surface area contributed by atoms with E-state index in [1.54, 1.807) is 41.0 Å². The van der Waals surface area contributed by atoms with E-state index in [9.17, 15) is 19.2 Å². The first-order valence-electron chi connectivity index (χ1n) is 10.5. The minimum absolute atomic E-state index is 0.000836. The summed E-state index contributed by atoms with van der Waals surface area (Å²) in [7, 11) is 2.41. The molecule has 0 spiro atoms. The molecule has 11 nitrogen and oxygen atoms in total. The molecule has 0 N–H and O–H groups in total. The van der Waals surface area contributed by atoms with Crippen LogP contribution < -0.4 is 4.90 Å². The van der Waals surface area contributed by atoms with Crippen LogP contribution in [-0.4, -0.2) is 94.1 Å². The van der Waals surface area contributed by atoms with E-state index >= 15 is 0 Å². The SMILES string of the molecule is CCOC(=O)N1CCN(C(=O)c2ccccc2N2COCC(C(=O)OC)=C2C(=O)OC)CC1. The minimum Gasteiger partial charge on any atom is -0.466 e. The molecule has 3 rings (SSSR count). The van der Waals surface area contributed by atoms with E-state index in [1.807, 2.05) is 0 Å². The highest BCUT2D eigenvalue weighted by Gasteiger charge is 2.35. The second kappa shape index (κ2) is 10.8. The minimum atomic E-state index is -0.746. The molecular weight excluding hydrogens is 434 g/mol. The molecule has 0 atom stereocenters. The summed E-state index contributed by atoms with van der Waals surface area (Å²) < 4.78 is 20.2. The fourth-order valence-corrected chi connectivity index (χ4v) is 3.70. The molecule has 2 amide bonds. The zero-order valence-electron chi connectivity index (χ0n) is 18.9. The highest BCUT2D eigenvalue weighted by molar-refractivity contribution is 6.06. The lowest BCUT2D eigenvalue weighted by atomic mass is 10.1. The van der Waals surface area contributed by atoms with Gasteiger partial charge in [0.1, 0.15) is 12.4 Å². The van der Waals surface area contributed by atoms with Crippen LogP contribution in [0.25, 0.3) is 0 Å². The summed E-state index contributed by atoms with van der Waals surface area (Å²) >= 11 is 0. The van der Waals surface area contributed by atoms with Gasteiger partial charge >= 0.3 is 18.0 Å². The summed E-state index contributed by atoms with van der Waals surface area (Å²) in [6.45, 7) is 3.18. The molecule has 0 aliphatic carbocycles. The van der Waals surface area contributed by atoms with Crippen molar-refractivity contribution in [2.75, 3.05) is 65.2 Å². The average Bonchev–Trinajstić information content (AvgIpc) is 2.87. The van der Waals surface area contributed by atoms with Gasteiger partial charge in [-0.15, -0.1) is 0 Å². The van der Waals surface area contributed by atoms with Gasteiger partial charge in [0.2, 0.25) is 0 Å². The molecule has 1 aromatic rings. The first-order chi connectivity index (χ1) is 15.9. The molecule has 2 heterocycles. The van der Waals surface area contributed by atoms with E-state index in [0.29, 0.717) is 37.4 Å². The van der Waals surface area contributed by atoms with Crippen LogP contribution >= 0.6 is 0 Å². The van der Waals surface area contributed by atoms with Crippen LogP contribution in [0.5, 0.6) is 0 Å². The van der Waals surface area contributed by atoms with Crippen molar-refractivity contribution in [3.8, 4) is 0 Å². The van der Waals surface area contributed by atoms with E-state index in [4.69, 9.17) is 18.9 Å². The molecule has 1 saturated heterocycles. The molecule has 2 aliphatic heterocycles. The summed E-state index contributed by atoms with van der Waals surface area (Å²) in [6, 6.07) is 6.72. The van der Waals surface area contributed by atoms with Gasteiger partial charge < -0.3 is 33.6 Å². The maximum atomic E-state index is 13.4. The van der Waals surface area contributed by atoms with E-state index in [2.05, 4.69) is 0 Å². The Morgan fingerprint density at radius 2 is 1.58 bits per heavy atom. The fraction of sp³-hybridized carbons (Fsp3) is 0.455. The lowest BCUT2D eigenvalue weighted by molar-refractivity contribution is -0.140. The van der Waals surface area contributed by atoms with Gasteiger partial charge in [0.25, 0.3) is 5.91 Å². The molecule has 0 saturated carbocycles. The van der Waals surface area contributed by atoms with Crippen LogP contribution in [-0.2, 0) is 28.5 Å². The normalized spacial score (nSPS) is 16.4. The molecule has 1 aromatic carbocycles. The largest absolute Gasteiger partial charge is 0.466 e. The van der Waals surface area contributed by atoms with Gasteiger partial charge in [-0.2, -0.15) is 0 Å². The lowest BCUT2D eigenvalue weighted by Gasteiger charge is -2.36. The molecule has 1 fully saturated rings. The van der Waals surface area contributed by atoms with Gasteiger partial charge in [-0.3, -0.25) is 4.79 Å². The summed E-state index contributed by atoms with van der Waals surface area (Å²) in [5.41, 5.74) is 0.666. The van der Waals surface area contributed by atoms with Gasteiger partial charge in [-0.25, -0.2) is 14.4 Å². The first kappa shape index (κ1) is 24.1. The second-order valence-corrected chi connectivity index (χ2v) is 7.21. The van der Waals surface area contributed by atoms with E-state index in [0.717, 1.165) is 0 Å². The zero-order valence-corrected chi connectivity index (χ0v) is 18.9. The van der Waals surface area contributed by atoms with Crippen molar-refractivity contribution >= 4 is 29.6 Å². The van der Waals surface area contributed by atoms with Gasteiger partial charge in [0, 0.05) is 26.2 Å². The van der Waals surface area contributed by atoms with Crippen molar-refractivity contribution in [1.29, 1.82) is 0 Å². The molecule has 0 radical (unpaired) electrons. The van der Waals surface area contributed by atoms with Crippen LogP contribution in [0.4, 0.5) is 10.5 Å². The molecular formula is C22H27N3O8. The Morgan fingerprint density at radius 3 is 2.21 bits per heavy atom. The number of piperazine rings is 1. The third-order valence-electron chi connectivity index (χ3n) is 5.35. The number of ether oxygens (including phenoxy) is 4. The summed E-state index contributed by atoms with van der Waals surface area (Å²) in [5, 5.41) is 0. The highest BCUT2D eigenvalue weighted by atomic mass is 16.6. The van der Waals surface area contributed by atoms with Gasteiger partial charge in [-0.05, 0) is 19.1 Å². The maximum absolute atomic E-state index is 13.4. The van der Waals surface area contributed by atoms with Gasteiger partial charge in [0.15, 0.2) is 0 Å². The third kappa shape index (κ3) is 5.08. The summed E-state index contributed by atoms with van der Waals surface area (Å²) in [6.07, 6.45) is -0.404. The average molecular weight is 461 g/mol. The number of benzene rings is 1. The third-order valence-corrected chi connectivity index (χ3v) is 5.35. The van der Waals surface area contributed by atoms with Crippen LogP contribution in [0.3, 0.4) is 0 Å². The standard InChI is InChI=1S/C22H27N3O8/c1-4-33-22(29)24-11-9-23(10-12-24)19(26)15-7-5-6-8-17(15)25-14-32-13-16(20(27)30-2)18(25)21(28)31-3/h5-8H,4,9-14H2,1-3H3. The Hall–Kier alpha value is -3.60. The Balaban J connectivity index is 1.90. The monoisotopic (exact) mass is 461 g/mol. The second-order valence-electron chi connectivity index (χ2n) is 7.21. The van der Waals surface area contributed by atoms with Crippen molar-refractivity contribution in [3.63, 3.8) is 0 Å². The Labute approximate surface area is 191 Å². The predicted octanol–water partition coefficient (Wildman–Crippen LogP) is 0.995. The molecule has 0 bridgehead atoms. The maximum Gasteiger partial charge on any atom is 0.409 e. The summed E-state index contributed by atoms with van der Waals surface area (Å²) in [4.78, 5) is 54.8. The lowest BCUT2D eigenvalue weighted by Crippen LogP contribution is -2.51. The summed E-state index contributed by atoms with van der Waals surface area (Å²) in [5.74, 6) is -1.74. The number of esters is 2. The molecule has 0 aromatic heterocycles. The number of anilines is 1. The number of nitrogens with zero attached hydrogens (tertiary/aromatic N) is 3. The van der Waals surface area contributed by atoms with Crippen molar-refractivity contribution < 1.29 is 38.1 Å². The van der Waals surface area contributed by atoms with Gasteiger partial charge in [0.05, 0.1) is 44.3 Å². The van der Waals surface area contributed by atoms with Gasteiger partial charge in [-0.1, -0.05) is 12.1 Å². The number of hydrogen-bond acceptors (Lipinski definition) is 9. The van der Waals surface area contributed by atoms with Crippen LogP contribution in [0.1, 0.15) is 17.3 Å². The number of methoxy groups -OCH3 is 2. The van der Waals surface area contributed by atoms with Crippen LogP contribution in [0.2, 0.25) is 0 Å². The number of rotatable bonds is 5. The van der Waals surface area contributed by atoms with Crippen molar-refractivity contribution in [2.45, 2.75) is 6.92 Å². The number of hydrogen-bond donors (Lipinski definition) is 0. The molecule has 33 heavy (non-hydrogen) atoms. The topological polar surface area (TPSA) is 115 Å². The molecule has 178 valence electrons. The number of carbonyl (C=O) groups excluding carboxylic acids is 4. The number of carbonyl (C=O) groups is 4. The quantitative estimate of drug-likeness (QED) is 0.468. The number of amides is 2. The molecule has 11 heteroatoms.